The van der Waals surface area contributed by atoms with E-state index in [1.165, 1.54) is 0 Å². The van der Waals surface area contributed by atoms with Crippen molar-refractivity contribution in [1.29, 1.82) is 0 Å². The highest BCUT2D eigenvalue weighted by Gasteiger charge is 2.13. The molecule has 0 fully saturated rings. The van der Waals surface area contributed by atoms with Crippen molar-refractivity contribution in [3.8, 4) is 0 Å². The van der Waals surface area contributed by atoms with Crippen LogP contribution in [0.4, 0.5) is 0 Å². The number of rotatable bonds is 3. The molecular weight excluding hydrogens is 160 g/mol. The molecule has 0 spiro atoms. The van der Waals surface area contributed by atoms with E-state index >= 15 is 0 Å². The molecule has 0 aromatic rings. The molecule has 0 bridgehead atoms. The van der Waals surface area contributed by atoms with Crippen LogP contribution in [-0.2, 0) is 14.3 Å². The lowest BCUT2D eigenvalue weighted by Crippen LogP contribution is -2.27. The average Bonchev–Trinajstić information content (AvgIpc) is 1.80. The van der Waals surface area contributed by atoms with Gasteiger partial charge >= 0.3 is 5.97 Å². The average molecular weight is 173 g/mol. The molecule has 0 N–H and O–H groups in total. The molecule has 0 unspecified atom stereocenters. The van der Waals surface area contributed by atoms with Gasteiger partial charge in [0.05, 0.1) is 19.0 Å². The number of aliphatic carboxylic acids is 1. The maximum Gasteiger partial charge on any atom is 0.311 e. The standard InChI is InChI=1S/C8H14O4/c1-8(2,3)5-12-7(11)4-6(9)10/h4-5H2,1-3H3,(H,9,10)/p-1. The van der Waals surface area contributed by atoms with E-state index in [-0.39, 0.29) is 12.0 Å². The van der Waals surface area contributed by atoms with E-state index in [2.05, 4.69) is 4.74 Å². The summed E-state index contributed by atoms with van der Waals surface area (Å²) in [6.45, 7) is 5.89. The first-order valence-corrected chi connectivity index (χ1v) is 3.67. The molecule has 70 valence electrons. The van der Waals surface area contributed by atoms with Gasteiger partial charge in [0, 0.05) is 0 Å². The Hall–Kier alpha value is -1.06. The van der Waals surface area contributed by atoms with E-state index in [1.54, 1.807) is 0 Å². The van der Waals surface area contributed by atoms with E-state index in [1.807, 2.05) is 20.8 Å². The van der Waals surface area contributed by atoms with E-state index in [9.17, 15) is 14.7 Å². The normalized spacial score (nSPS) is 10.9. The minimum atomic E-state index is -1.41. The summed E-state index contributed by atoms with van der Waals surface area (Å²) in [6, 6.07) is 0. The van der Waals surface area contributed by atoms with Crippen LogP contribution in [-0.4, -0.2) is 18.5 Å². The fourth-order valence-electron chi connectivity index (χ4n) is 0.466. The topological polar surface area (TPSA) is 66.4 Å². The number of ether oxygens (including phenoxy) is 1. The van der Waals surface area contributed by atoms with E-state index in [0.29, 0.717) is 0 Å². The minimum Gasteiger partial charge on any atom is -0.550 e. The van der Waals surface area contributed by atoms with Crippen LogP contribution in [0.3, 0.4) is 0 Å². The second kappa shape index (κ2) is 4.09. The molecule has 0 aliphatic rings. The highest BCUT2D eigenvalue weighted by atomic mass is 16.5. The van der Waals surface area contributed by atoms with E-state index in [4.69, 9.17) is 0 Å². The molecule has 0 saturated carbocycles. The molecule has 0 atom stereocenters. The van der Waals surface area contributed by atoms with Gasteiger partial charge in [0.25, 0.3) is 0 Å². The molecule has 12 heavy (non-hydrogen) atoms. The van der Waals surface area contributed by atoms with Gasteiger partial charge in [-0.2, -0.15) is 0 Å². The molecule has 0 saturated heterocycles. The number of carbonyl (C=O) groups is 2. The fourth-order valence-corrected chi connectivity index (χ4v) is 0.466. The van der Waals surface area contributed by atoms with Crippen molar-refractivity contribution in [2.45, 2.75) is 27.2 Å². The van der Waals surface area contributed by atoms with Gasteiger partial charge < -0.3 is 14.6 Å². The highest BCUT2D eigenvalue weighted by Crippen LogP contribution is 2.12. The van der Waals surface area contributed by atoms with Crippen LogP contribution in [0.1, 0.15) is 27.2 Å². The number of hydrogen-bond donors (Lipinski definition) is 0. The smallest absolute Gasteiger partial charge is 0.311 e. The van der Waals surface area contributed by atoms with Gasteiger partial charge in [-0.1, -0.05) is 20.8 Å². The van der Waals surface area contributed by atoms with Gasteiger partial charge in [0.1, 0.15) is 0 Å². The zero-order chi connectivity index (χ0) is 9.78. The maximum atomic E-state index is 10.7. The van der Waals surface area contributed by atoms with Crippen LogP contribution < -0.4 is 5.11 Å². The monoisotopic (exact) mass is 173 g/mol. The largest absolute Gasteiger partial charge is 0.550 e. The first-order valence-electron chi connectivity index (χ1n) is 3.67. The number of hydrogen-bond acceptors (Lipinski definition) is 4. The van der Waals surface area contributed by atoms with Crippen molar-refractivity contribution < 1.29 is 19.4 Å². The molecule has 0 aromatic carbocycles. The molecular formula is C8H13O4-. The Morgan fingerprint density at radius 1 is 1.33 bits per heavy atom. The number of carboxylic acids is 1. The Bertz CT molecular complexity index is 178. The van der Waals surface area contributed by atoms with Crippen LogP contribution in [0.15, 0.2) is 0 Å². The Morgan fingerprint density at radius 3 is 2.17 bits per heavy atom. The predicted molar refractivity (Wildman–Crippen MR) is 40.0 cm³/mol. The summed E-state index contributed by atoms with van der Waals surface area (Å²) in [6.07, 6.45) is -0.671. The van der Waals surface area contributed by atoms with E-state index < -0.39 is 18.4 Å². The van der Waals surface area contributed by atoms with Crippen LogP contribution in [0.2, 0.25) is 0 Å². The first-order chi connectivity index (χ1) is 5.31. The van der Waals surface area contributed by atoms with Gasteiger partial charge in [0.15, 0.2) is 0 Å². The Morgan fingerprint density at radius 2 is 1.83 bits per heavy atom. The zero-order valence-corrected chi connectivity index (χ0v) is 7.55. The minimum absolute atomic E-state index is 0.137. The lowest BCUT2D eigenvalue weighted by atomic mass is 9.99. The summed E-state index contributed by atoms with van der Waals surface area (Å²) in [4.78, 5) is 20.6. The fraction of sp³-hybridized carbons (Fsp3) is 0.750. The van der Waals surface area contributed by atoms with Crippen LogP contribution in [0.25, 0.3) is 0 Å². The third-order valence-corrected chi connectivity index (χ3v) is 0.955. The molecule has 0 radical (unpaired) electrons. The zero-order valence-electron chi connectivity index (χ0n) is 7.55. The summed E-state index contributed by atoms with van der Waals surface area (Å²) in [5.41, 5.74) is -0.137. The summed E-state index contributed by atoms with van der Waals surface area (Å²) in [5.74, 6) is -2.15. The molecule has 4 nitrogen and oxygen atoms in total. The Kier molecular flexibility index (Phi) is 3.73. The number of carbonyl (C=O) groups excluding carboxylic acids is 2. The van der Waals surface area contributed by atoms with Crippen LogP contribution >= 0.6 is 0 Å². The number of carboxylic acid groups (broad SMARTS) is 1. The van der Waals surface area contributed by atoms with Crippen molar-refractivity contribution in [3.05, 3.63) is 0 Å². The second-order valence-corrected chi connectivity index (χ2v) is 3.77. The summed E-state index contributed by atoms with van der Waals surface area (Å²) in [7, 11) is 0. The molecule has 0 aliphatic carbocycles. The van der Waals surface area contributed by atoms with Crippen LogP contribution in [0.5, 0.6) is 0 Å². The SMILES string of the molecule is CC(C)(C)COC(=O)CC(=O)[O-]. The lowest BCUT2D eigenvalue weighted by molar-refractivity contribution is -0.305. The molecule has 4 heteroatoms. The van der Waals surface area contributed by atoms with Crippen molar-refractivity contribution >= 4 is 11.9 Å². The summed E-state index contributed by atoms with van der Waals surface area (Å²) in [5, 5.41) is 9.92. The van der Waals surface area contributed by atoms with Gasteiger partial charge in [-0.3, -0.25) is 4.79 Å². The van der Waals surface area contributed by atoms with E-state index in [0.717, 1.165) is 0 Å². The van der Waals surface area contributed by atoms with Crippen molar-refractivity contribution in [3.63, 3.8) is 0 Å². The predicted octanol–water partition coefficient (Wildman–Crippen LogP) is -0.284. The second-order valence-electron chi connectivity index (χ2n) is 3.77. The third-order valence-electron chi connectivity index (χ3n) is 0.955. The highest BCUT2D eigenvalue weighted by molar-refractivity contribution is 5.88. The quantitative estimate of drug-likeness (QED) is 0.434. The molecule has 0 rings (SSSR count). The van der Waals surface area contributed by atoms with Crippen LogP contribution in [0, 0.1) is 5.41 Å². The third kappa shape index (κ3) is 7.05. The van der Waals surface area contributed by atoms with Gasteiger partial charge in [0.2, 0.25) is 0 Å². The Labute approximate surface area is 71.5 Å². The molecule has 0 heterocycles. The number of esters is 1. The summed E-state index contributed by atoms with van der Waals surface area (Å²) >= 11 is 0. The first kappa shape index (κ1) is 10.9. The maximum absolute atomic E-state index is 10.7. The molecule has 0 aliphatic heterocycles. The summed E-state index contributed by atoms with van der Waals surface area (Å²) < 4.78 is 4.66. The molecule has 0 aromatic heterocycles. The van der Waals surface area contributed by atoms with Gasteiger partial charge in [-0.25, -0.2) is 0 Å². The Balaban J connectivity index is 3.65. The van der Waals surface area contributed by atoms with Gasteiger partial charge in [-0.15, -0.1) is 0 Å². The lowest BCUT2D eigenvalue weighted by Gasteiger charge is -2.17. The van der Waals surface area contributed by atoms with Crippen molar-refractivity contribution in [2.24, 2.45) is 5.41 Å². The molecule has 0 amide bonds. The van der Waals surface area contributed by atoms with Gasteiger partial charge in [-0.05, 0) is 5.41 Å². The van der Waals surface area contributed by atoms with Crippen molar-refractivity contribution in [1.82, 2.24) is 0 Å². The van der Waals surface area contributed by atoms with Crippen molar-refractivity contribution in [2.75, 3.05) is 6.61 Å².